The highest BCUT2D eigenvalue weighted by Gasteiger charge is 2.01. The zero-order valence-corrected chi connectivity index (χ0v) is 18.0. The van der Waals surface area contributed by atoms with Crippen molar-refractivity contribution >= 4 is 29.9 Å². The summed E-state index contributed by atoms with van der Waals surface area (Å²) in [7, 11) is 3.96. The molecule has 0 unspecified atom stereocenters. The molecule has 0 saturated heterocycles. The fourth-order valence-electron chi connectivity index (χ4n) is 2.61. The highest BCUT2D eigenvalue weighted by molar-refractivity contribution is 14.0. The molecule has 2 rings (SSSR count). The standard InChI is InChI=1S/C20H29N5.HI/c1-21-20(24-15-12-19-11-6-7-13-22-19)23-14-8-16-25(2)17-18-9-4-3-5-10-18;/h3-7,9-11,13H,8,12,14-17H2,1-2H3,(H2,21,23,24);1H. The van der Waals surface area contributed by atoms with Gasteiger partial charge in [0.15, 0.2) is 5.96 Å². The number of nitrogens with zero attached hydrogens (tertiary/aromatic N) is 3. The van der Waals surface area contributed by atoms with Gasteiger partial charge in [0.05, 0.1) is 0 Å². The Morgan fingerprint density at radius 2 is 1.77 bits per heavy atom. The van der Waals surface area contributed by atoms with E-state index in [1.54, 1.807) is 7.05 Å². The van der Waals surface area contributed by atoms with E-state index in [0.717, 1.165) is 50.7 Å². The first kappa shape index (κ1) is 22.4. The number of aliphatic imine (C=N–C) groups is 1. The third-order valence-corrected chi connectivity index (χ3v) is 3.93. The molecule has 1 aromatic heterocycles. The van der Waals surface area contributed by atoms with Crippen molar-refractivity contribution in [3.05, 3.63) is 66.0 Å². The lowest BCUT2D eigenvalue weighted by Crippen LogP contribution is -2.39. The maximum Gasteiger partial charge on any atom is 0.190 e. The molecule has 0 aliphatic heterocycles. The fourth-order valence-corrected chi connectivity index (χ4v) is 2.61. The van der Waals surface area contributed by atoms with E-state index < -0.39 is 0 Å². The highest BCUT2D eigenvalue weighted by Crippen LogP contribution is 2.02. The van der Waals surface area contributed by atoms with E-state index in [0.29, 0.717) is 0 Å². The van der Waals surface area contributed by atoms with Crippen LogP contribution in [0.25, 0.3) is 0 Å². The minimum atomic E-state index is 0. The number of halogens is 1. The van der Waals surface area contributed by atoms with Crippen LogP contribution in [-0.2, 0) is 13.0 Å². The van der Waals surface area contributed by atoms with E-state index in [-0.39, 0.29) is 24.0 Å². The molecule has 0 bridgehead atoms. The fraction of sp³-hybridized carbons (Fsp3) is 0.400. The van der Waals surface area contributed by atoms with Crippen LogP contribution in [0.5, 0.6) is 0 Å². The average Bonchev–Trinajstić information content (AvgIpc) is 2.65. The van der Waals surface area contributed by atoms with E-state index in [9.17, 15) is 0 Å². The maximum absolute atomic E-state index is 4.32. The summed E-state index contributed by atoms with van der Waals surface area (Å²) in [6.07, 6.45) is 3.79. The van der Waals surface area contributed by atoms with Crippen LogP contribution in [-0.4, -0.2) is 49.6 Å². The smallest absolute Gasteiger partial charge is 0.190 e. The normalized spacial score (nSPS) is 11.1. The summed E-state index contributed by atoms with van der Waals surface area (Å²) in [5, 5.41) is 6.70. The monoisotopic (exact) mass is 467 g/mol. The Morgan fingerprint density at radius 1 is 1.04 bits per heavy atom. The number of pyridine rings is 1. The molecule has 0 fully saturated rings. The summed E-state index contributed by atoms with van der Waals surface area (Å²) in [5.74, 6) is 0.849. The Labute approximate surface area is 174 Å². The Bertz CT molecular complexity index is 619. The Balaban J connectivity index is 0.00000338. The third-order valence-electron chi connectivity index (χ3n) is 3.93. The van der Waals surface area contributed by atoms with Crippen molar-refractivity contribution in [2.24, 2.45) is 4.99 Å². The van der Waals surface area contributed by atoms with Gasteiger partial charge in [-0.2, -0.15) is 0 Å². The van der Waals surface area contributed by atoms with Crippen molar-refractivity contribution in [3.63, 3.8) is 0 Å². The Morgan fingerprint density at radius 3 is 2.46 bits per heavy atom. The molecule has 0 aliphatic carbocycles. The van der Waals surface area contributed by atoms with Crippen LogP contribution in [0.4, 0.5) is 0 Å². The summed E-state index contributed by atoms with van der Waals surface area (Å²) in [5.41, 5.74) is 2.44. The number of benzene rings is 1. The lowest BCUT2D eigenvalue weighted by molar-refractivity contribution is 0.322. The topological polar surface area (TPSA) is 52.6 Å². The predicted molar refractivity (Wildman–Crippen MR) is 120 cm³/mol. The summed E-state index contributed by atoms with van der Waals surface area (Å²) in [6, 6.07) is 16.6. The van der Waals surface area contributed by atoms with Crippen LogP contribution in [0, 0.1) is 0 Å². The summed E-state index contributed by atoms with van der Waals surface area (Å²) in [4.78, 5) is 10.9. The van der Waals surface area contributed by atoms with Crippen molar-refractivity contribution in [2.75, 3.05) is 33.7 Å². The molecule has 0 spiro atoms. The summed E-state index contributed by atoms with van der Waals surface area (Å²) >= 11 is 0. The molecule has 0 aliphatic rings. The molecule has 0 atom stereocenters. The summed E-state index contributed by atoms with van der Waals surface area (Å²) < 4.78 is 0. The average molecular weight is 467 g/mol. The number of aromatic nitrogens is 1. The number of nitrogens with one attached hydrogen (secondary N) is 2. The first-order valence-corrected chi connectivity index (χ1v) is 8.85. The molecular formula is C20H30IN5. The van der Waals surface area contributed by atoms with Gasteiger partial charge >= 0.3 is 0 Å². The van der Waals surface area contributed by atoms with Crippen molar-refractivity contribution in [3.8, 4) is 0 Å². The van der Waals surface area contributed by atoms with Gasteiger partial charge in [-0.1, -0.05) is 36.4 Å². The Hall–Kier alpha value is -1.67. The van der Waals surface area contributed by atoms with Gasteiger partial charge in [0.2, 0.25) is 0 Å². The predicted octanol–water partition coefficient (Wildman–Crippen LogP) is 2.93. The largest absolute Gasteiger partial charge is 0.356 e. The van der Waals surface area contributed by atoms with Crippen LogP contribution < -0.4 is 10.6 Å². The van der Waals surface area contributed by atoms with E-state index >= 15 is 0 Å². The zero-order chi connectivity index (χ0) is 17.7. The maximum atomic E-state index is 4.32. The highest BCUT2D eigenvalue weighted by atomic mass is 127. The molecule has 0 radical (unpaired) electrons. The SMILES string of the molecule is CN=C(NCCCN(C)Cc1ccccc1)NCCc1ccccn1.I. The number of guanidine groups is 1. The van der Waals surface area contributed by atoms with E-state index in [4.69, 9.17) is 0 Å². The van der Waals surface area contributed by atoms with Crippen molar-refractivity contribution in [1.29, 1.82) is 0 Å². The molecule has 1 aromatic carbocycles. The van der Waals surface area contributed by atoms with Crippen molar-refractivity contribution < 1.29 is 0 Å². The number of hydrogen-bond donors (Lipinski definition) is 2. The molecule has 2 aromatic rings. The van der Waals surface area contributed by atoms with Crippen LogP contribution in [0.3, 0.4) is 0 Å². The number of rotatable bonds is 9. The van der Waals surface area contributed by atoms with Crippen LogP contribution in [0.15, 0.2) is 59.7 Å². The number of hydrogen-bond acceptors (Lipinski definition) is 3. The van der Waals surface area contributed by atoms with Crippen molar-refractivity contribution in [2.45, 2.75) is 19.4 Å². The minimum absolute atomic E-state index is 0. The minimum Gasteiger partial charge on any atom is -0.356 e. The lowest BCUT2D eigenvalue weighted by atomic mass is 10.2. The van der Waals surface area contributed by atoms with Gasteiger partial charge in [0.1, 0.15) is 0 Å². The van der Waals surface area contributed by atoms with Crippen LogP contribution in [0.1, 0.15) is 17.7 Å². The van der Waals surface area contributed by atoms with Crippen LogP contribution >= 0.6 is 24.0 Å². The van der Waals surface area contributed by atoms with Gasteiger partial charge in [-0.3, -0.25) is 9.98 Å². The van der Waals surface area contributed by atoms with Gasteiger partial charge in [0.25, 0.3) is 0 Å². The molecule has 0 saturated carbocycles. The lowest BCUT2D eigenvalue weighted by Gasteiger charge is -2.17. The second kappa shape index (κ2) is 13.5. The molecule has 26 heavy (non-hydrogen) atoms. The second-order valence-corrected chi connectivity index (χ2v) is 6.07. The zero-order valence-electron chi connectivity index (χ0n) is 15.7. The van der Waals surface area contributed by atoms with E-state index in [1.165, 1.54) is 5.56 Å². The molecule has 5 nitrogen and oxygen atoms in total. The second-order valence-electron chi connectivity index (χ2n) is 6.07. The van der Waals surface area contributed by atoms with Gasteiger partial charge < -0.3 is 15.5 Å². The molecule has 0 amide bonds. The third kappa shape index (κ3) is 9.15. The van der Waals surface area contributed by atoms with E-state index in [2.05, 4.69) is 62.9 Å². The molecule has 2 N–H and O–H groups in total. The molecule has 1 heterocycles. The van der Waals surface area contributed by atoms with Gasteiger partial charge in [-0.15, -0.1) is 24.0 Å². The van der Waals surface area contributed by atoms with Gasteiger partial charge in [-0.25, -0.2) is 0 Å². The first-order chi connectivity index (χ1) is 12.3. The molecular weight excluding hydrogens is 437 g/mol. The first-order valence-electron chi connectivity index (χ1n) is 8.85. The molecule has 142 valence electrons. The van der Waals surface area contributed by atoms with Crippen LogP contribution in [0.2, 0.25) is 0 Å². The molecule has 6 heteroatoms. The Kier molecular flexibility index (Phi) is 11.6. The van der Waals surface area contributed by atoms with Gasteiger partial charge in [-0.05, 0) is 37.7 Å². The quantitative estimate of drug-likeness (QED) is 0.258. The van der Waals surface area contributed by atoms with Crippen molar-refractivity contribution in [1.82, 2.24) is 20.5 Å². The summed E-state index contributed by atoms with van der Waals surface area (Å²) in [6.45, 7) is 3.76. The van der Waals surface area contributed by atoms with Gasteiger partial charge in [0, 0.05) is 45.0 Å². The van der Waals surface area contributed by atoms with E-state index in [1.807, 2.05) is 24.4 Å².